The van der Waals surface area contributed by atoms with Crippen LogP contribution in [0, 0.1) is 11.8 Å². The molecule has 21 heteroatoms. The Balaban J connectivity index is 0.000000256. The number of nitrogens with one attached hydrogen (secondary N) is 6. The molecule has 0 aliphatic heterocycles. The predicted molar refractivity (Wildman–Crippen MR) is 227 cm³/mol. The van der Waals surface area contributed by atoms with Crippen molar-refractivity contribution in [2.24, 2.45) is 11.8 Å². The molecule has 1 saturated carbocycles. The number of imidazole rings is 1. The van der Waals surface area contributed by atoms with Gasteiger partial charge in [-0.2, -0.15) is 0 Å². The minimum atomic E-state index is -3.46. The zero-order valence-corrected chi connectivity index (χ0v) is 35.5. The van der Waals surface area contributed by atoms with Crippen LogP contribution in [0.1, 0.15) is 62.0 Å². The SMILES string of the molecule is CC(C)COc1ccccc1NC(=O)C(=O)Nc1nccs1.CS(=O)(=O)NCc1nc(NC(=O)CC(=O)Nc2ccccc2C(=O)C2CCCC2)sc1Sc1ncc[nH]1. The number of carbonyl (C=O) groups is 5. The van der Waals surface area contributed by atoms with Crippen LogP contribution in [-0.2, 0) is 35.7 Å². The number of nitrogens with zero attached hydrogens (tertiary/aromatic N) is 3. The Morgan fingerprint density at radius 1 is 0.881 bits per heavy atom. The molecule has 6 N–H and O–H groups in total. The van der Waals surface area contributed by atoms with E-state index in [1.54, 1.807) is 72.5 Å². The topological polar surface area (TPSA) is 243 Å². The van der Waals surface area contributed by atoms with Crippen molar-refractivity contribution in [3.05, 3.63) is 83.8 Å². The fourth-order valence-electron chi connectivity index (χ4n) is 5.47. The zero-order chi connectivity index (χ0) is 42.4. The van der Waals surface area contributed by atoms with Crippen LogP contribution < -0.4 is 30.7 Å². The highest BCUT2D eigenvalue weighted by Gasteiger charge is 2.26. The van der Waals surface area contributed by atoms with E-state index < -0.39 is 40.1 Å². The molecular formula is C38H43N9O8S4. The molecule has 0 unspecified atom stereocenters. The lowest BCUT2D eigenvalue weighted by atomic mass is 9.95. The zero-order valence-electron chi connectivity index (χ0n) is 32.3. The van der Waals surface area contributed by atoms with Crippen LogP contribution in [0.5, 0.6) is 5.75 Å². The molecule has 0 saturated heterocycles. The highest BCUT2D eigenvalue weighted by molar-refractivity contribution is 8.01. The molecule has 0 bridgehead atoms. The molecule has 1 aliphatic rings. The first-order valence-corrected chi connectivity index (χ1v) is 22.7. The van der Waals surface area contributed by atoms with Gasteiger partial charge in [0.1, 0.15) is 12.2 Å². The average molecular weight is 882 g/mol. The van der Waals surface area contributed by atoms with Crippen LogP contribution in [0.25, 0.3) is 0 Å². The van der Waals surface area contributed by atoms with Crippen molar-refractivity contribution in [2.75, 3.05) is 34.1 Å². The number of amides is 4. The summed E-state index contributed by atoms with van der Waals surface area (Å²) in [7, 11) is -3.46. The number of ketones is 1. The molecule has 6 rings (SSSR count). The normalized spacial score (nSPS) is 12.6. The highest BCUT2D eigenvalue weighted by atomic mass is 32.2. The molecule has 1 fully saturated rings. The molecule has 0 radical (unpaired) electrons. The number of anilines is 4. The molecule has 4 amide bonds. The number of Topliss-reactive ketones (excluding diaryl/α,β-unsaturated/α-hetero) is 1. The molecule has 17 nitrogen and oxygen atoms in total. The van der Waals surface area contributed by atoms with Gasteiger partial charge in [-0.15, -0.1) is 11.3 Å². The van der Waals surface area contributed by atoms with Crippen LogP contribution in [-0.4, -0.2) is 70.6 Å². The van der Waals surface area contributed by atoms with E-state index in [-0.39, 0.29) is 23.4 Å². The fourth-order valence-corrected chi connectivity index (χ4v) is 8.41. The van der Waals surface area contributed by atoms with E-state index in [2.05, 4.69) is 45.9 Å². The first kappa shape index (κ1) is 44.6. The number of sulfonamides is 1. The standard InChI is InChI=1S/C23H26N6O5S3.C15H17N3O3S/c1-37(33,34)26-13-17-21(35-22-24-10-11-25-22)36-23(28-17)29-19(31)12-18(30)27-16-9-5-4-8-15(16)20(32)14-6-2-3-7-14;1-10(2)9-21-12-6-4-3-5-11(12)17-13(19)14(20)18-15-16-7-8-22-15/h4-5,8-11,14,26H,2-3,6-7,12-13H2,1H3,(H,24,25)(H,27,30)(H,28,29,31);3-8,10H,9H2,1-2H3,(H,17,19)(H,16,18,20). The Morgan fingerprint density at radius 3 is 2.25 bits per heavy atom. The molecular weight excluding hydrogens is 839 g/mol. The van der Waals surface area contributed by atoms with Crippen molar-refractivity contribution in [3.63, 3.8) is 0 Å². The summed E-state index contributed by atoms with van der Waals surface area (Å²) in [4.78, 5) is 77.1. The number of carbonyl (C=O) groups excluding carboxylic acids is 5. The van der Waals surface area contributed by atoms with Gasteiger partial charge in [-0.05, 0) is 54.8 Å². The van der Waals surface area contributed by atoms with Crippen molar-refractivity contribution < 1.29 is 37.1 Å². The third-order valence-corrected chi connectivity index (χ3v) is 11.7. The first-order valence-electron chi connectivity index (χ1n) is 18.3. The van der Waals surface area contributed by atoms with Crippen molar-refractivity contribution in [1.29, 1.82) is 0 Å². The summed E-state index contributed by atoms with van der Waals surface area (Å²) in [5, 5.41) is 13.1. The molecule has 59 heavy (non-hydrogen) atoms. The van der Waals surface area contributed by atoms with Crippen LogP contribution in [0.15, 0.2) is 81.9 Å². The largest absolute Gasteiger partial charge is 0.491 e. The van der Waals surface area contributed by atoms with Gasteiger partial charge >= 0.3 is 11.8 Å². The highest BCUT2D eigenvalue weighted by Crippen LogP contribution is 2.36. The Labute approximate surface area is 353 Å². The van der Waals surface area contributed by atoms with Crippen molar-refractivity contribution >= 4 is 95.5 Å². The van der Waals surface area contributed by atoms with Gasteiger partial charge in [0.2, 0.25) is 21.8 Å². The average Bonchev–Trinajstić information content (AvgIpc) is 4.04. The Bertz CT molecular complexity index is 2330. The Kier molecular flexibility index (Phi) is 16.3. The molecule has 312 valence electrons. The minimum absolute atomic E-state index is 0.0115. The summed E-state index contributed by atoms with van der Waals surface area (Å²) in [6.07, 6.45) is 9.08. The summed E-state index contributed by atoms with van der Waals surface area (Å²) in [6.45, 7) is 4.52. The number of hydrogen-bond acceptors (Lipinski definition) is 14. The maximum atomic E-state index is 12.9. The van der Waals surface area contributed by atoms with Crippen molar-refractivity contribution in [1.82, 2.24) is 24.7 Å². The van der Waals surface area contributed by atoms with Crippen LogP contribution in [0.3, 0.4) is 0 Å². The maximum Gasteiger partial charge on any atom is 0.315 e. The summed E-state index contributed by atoms with van der Waals surface area (Å²) < 4.78 is 31.7. The third-order valence-electron chi connectivity index (χ3n) is 8.15. The van der Waals surface area contributed by atoms with Crippen LogP contribution in [0.2, 0.25) is 0 Å². The first-order chi connectivity index (χ1) is 28.2. The van der Waals surface area contributed by atoms with Crippen LogP contribution >= 0.6 is 34.4 Å². The number of para-hydroxylation sites is 3. The molecule has 0 spiro atoms. The maximum absolute atomic E-state index is 12.9. The van der Waals surface area contributed by atoms with E-state index >= 15 is 0 Å². The molecule has 3 heterocycles. The van der Waals surface area contributed by atoms with Gasteiger partial charge in [-0.1, -0.05) is 62.3 Å². The van der Waals surface area contributed by atoms with E-state index in [1.807, 2.05) is 13.8 Å². The quantitative estimate of drug-likeness (QED) is 0.0371. The second-order valence-corrected chi connectivity index (χ2v) is 18.4. The minimum Gasteiger partial charge on any atom is -0.491 e. The molecule has 3 aromatic heterocycles. The van der Waals surface area contributed by atoms with E-state index in [0.29, 0.717) is 55.4 Å². The fraction of sp³-hybridized carbons (Fsp3) is 0.316. The smallest absolute Gasteiger partial charge is 0.315 e. The number of hydrogen-bond donors (Lipinski definition) is 6. The Morgan fingerprint density at radius 2 is 1.58 bits per heavy atom. The van der Waals surface area contributed by atoms with Gasteiger partial charge < -0.3 is 25.7 Å². The predicted octanol–water partition coefficient (Wildman–Crippen LogP) is 6.16. The van der Waals surface area contributed by atoms with Gasteiger partial charge in [0.15, 0.2) is 21.2 Å². The van der Waals surface area contributed by atoms with Crippen molar-refractivity contribution in [2.45, 2.75) is 61.9 Å². The lowest BCUT2D eigenvalue weighted by Gasteiger charge is -2.13. The summed E-state index contributed by atoms with van der Waals surface area (Å²) >= 11 is 3.62. The van der Waals surface area contributed by atoms with Gasteiger partial charge in [0.25, 0.3) is 0 Å². The molecule has 0 atom stereocenters. The number of aromatic amines is 1. The number of H-pyrrole nitrogens is 1. The lowest BCUT2D eigenvalue weighted by molar-refractivity contribution is -0.133. The summed E-state index contributed by atoms with van der Waals surface area (Å²) in [5.74, 6) is -1.83. The lowest BCUT2D eigenvalue weighted by Crippen LogP contribution is -2.29. The monoisotopic (exact) mass is 881 g/mol. The van der Waals surface area contributed by atoms with Gasteiger partial charge in [-0.25, -0.2) is 28.1 Å². The molecule has 2 aromatic carbocycles. The number of rotatable bonds is 16. The van der Waals surface area contributed by atoms with Gasteiger partial charge in [0.05, 0.1) is 40.7 Å². The van der Waals surface area contributed by atoms with Gasteiger partial charge in [-0.3, -0.25) is 29.3 Å². The number of benzene rings is 2. The van der Waals surface area contributed by atoms with Gasteiger partial charge in [0, 0.05) is 35.5 Å². The van der Waals surface area contributed by atoms with E-state index in [4.69, 9.17) is 4.74 Å². The number of thiazole rings is 2. The van der Waals surface area contributed by atoms with E-state index in [9.17, 15) is 32.4 Å². The summed E-state index contributed by atoms with van der Waals surface area (Å²) in [6, 6.07) is 13.8. The third kappa shape index (κ3) is 14.4. The molecule has 1 aliphatic carbocycles. The second kappa shape index (κ2) is 21.5. The Hall–Kier alpha value is -5.48. The van der Waals surface area contributed by atoms with Crippen molar-refractivity contribution in [3.8, 4) is 5.75 Å². The number of ether oxygens (including phenoxy) is 1. The molecule has 5 aromatic rings. The second-order valence-electron chi connectivity index (χ2n) is 13.5. The number of aromatic nitrogens is 4. The van der Waals surface area contributed by atoms with E-state index in [1.165, 1.54) is 23.1 Å². The van der Waals surface area contributed by atoms with E-state index in [0.717, 1.165) is 43.3 Å². The van der Waals surface area contributed by atoms with Crippen LogP contribution in [0.4, 0.5) is 21.6 Å². The summed E-state index contributed by atoms with van der Waals surface area (Å²) in [5.41, 5.74) is 1.71.